The SMILES string of the molecule is C[NH+](CC(=O)NCCOc1ccc(Cl)cc1)Cc1ccccc1Cl. The summed E-state index contributed by atoms with van der Waals surface area (Å²) in [5.41, 5.74) is 1.04. The Labute approximate surface area is 152 Å². The fraction of sp³-hybridized carbons (Fsp3) is 0.278. The highest BCUT2D eigenvalue weighted by Gasteiger charge is 2.11. The molecular weight excluding hydrogens is 347 g/mol. The summed E-state index contributed by atoms with van der Waals surface area (Å²) in [6, 6.07) is 14.8. The molecule has 0 aliphatic carbocycles. The highest BCUT2D eigenvalue weighted by atomic mass is 35.5. The number of nitrogens with one attached hydrogen (secondary N) is 2. The molecule has 6 heteroatoms. The predicted molar refractivity (Wildman–Crippen MR) is 96.9 cm³/mol. The molecule has 1 amide bonds. The Morgan fingerprint density at radius 1 is 1.12 bits per heavy atom. The Morgan fingerprint density at radius 2 is 1.83 bits per heavy atom. The first-order valence-corrected chi connectivity index (χ1v) is 8.50. The van der Waals surface area contributed by atoms with Gasteiger partial charge < -0.3 is 15.0 Å². The van der Waals surface area contributed by atoms with E-state index in [0.29, 0.717) is 31.3 Å². The fourth-order valence-electron chi connectivity index (χ4n) is 2.26. The lowest BCUT2D eigenvalue weighted by molar-refractivity contribution is -0.885. The molecule has 4 nitrogen and oxygen atoms in total. The molecule has 0 radical (unpaired) electrons. The third kappa shape index (κ3) is 6.40. The predicted octanol–water partition coefficient (Wildman–Crippen LogP) is 2.20. The van der Waals surface area contributed by atoms with Gasteiger partial charge in [0.15, 0.2) is 6.54 Å². The van der Waals surface area contributed by atoms with Crippen LogP contribution in [0.2, 0.25) is 10.0 Å². The van der Waals surface area contributed by atoms with Gasteiger partial charge in [0, 0.05) is 15.6 Å². The average molecular weight is 368 g/mol. The van der Waals surface area contributed by atoms with Crippen molar-refractivity contribution >= 4 is 29.1 Å². The lowest BCUT2D eigenvalue weighted by Gasteiger charge is -2.15. The molecule has 1 atom stereocenters. The van der Waals surface area contributed by atoms with Gasteiger partial charge in [-0.25, -0.2) is 0 Å². The number of amides is 1. The van der Waals surface area contributed by atoms with E-state index in [4.69, 9.17) is 27.9 Å². The largest absolute Gasteiger partial charge is 0.492 e. The van der Waals surface area contributed by atoms with Crippen molar-refractivity contribution in [3.05, 3.63) is 64.1 Å². The van der Waals surface area contributed by atoms with Crippen LogP contribution < -0.4 is 15.0 Å². The van der Waals surface area contributed by atoms with Crippen LogP contribution >= 0.6 is 23.2 Å². The number of ether oxygens (including phenoxy) is 1. The standard InChI is InChI=1S/C18H20Cl2N2O2/c1-22(12-14-4-2-3-5-17(14)20)13-18(23)21-10-11-24-16-8-6-15(19)7-9-16/h2-9H,10-13H2,1H3,(H,21,23)/p+1. The Hall–Kier alpha value is -1.75. The second-order valence-electron chi connectivity index (χ2n) is 5.55. The summed E-state index contributed by atoms with van der Waals surface area (Å²) in [6.45, 7) is 1.96. The molecule has 0 aromatic heterocycles. The van der Waals surface area contributed by atoms with Crippen LogP contribution in [-0.4, -0.2) is 32.7 Å². The van der Waals surface area contributed by atoms with Crippen molar-refractivity contribution in [2.24, 2.45) is 0 Å². The molecule has 0 heterocycles. The van der Waals surface area contributed by atoms with Crippen molar-refractivity contribution in [3.8, 4) is 5.75 Å². The third-order valence-corrected chi connectivity index (χ3v) is 4.04. The summed E-state index contributed by atoms with van der Waals surface area (Å²) in [7, 11) is 1.97. The normalized spacial score (nSPS) is 11.8. The maximum atomic E-state index is 11.9. The Bertz CT molecular complexity index is 662. The quantitative estimate of drug-likeness (QED) is 0.702. The van der Waals surface area contributed by atoms with Crippen molar-refractivity contribution in [3.63, 3.8) is 0 Å². The monoisotopic (exact) mass is 367 g/mol. The molecule has 0 spiro atoms. The molecule has 2 rings (SSSR count). The molecule has 0 saturated carbocycles. The van der Waals surface area contributed by atoms with E-state index in [-0.39, 0.29) is 5.91 Å². The average Bonchev–Trinajstić information content (AvgIpc) is 2.55. The number of quaternary nitrogens is 1. The van der Waals surface area contributed by atoms with Crippen molar-refractivity contribution in [2.45, 2.75) is 6.54 Å². The van der Waals surface area contributed by atoms with Crippen LogP contribution in [-0.2, 0) is 11.3 Å². The van der Waals surface area contributed by atoms with Gasteiger partial charge in [0.05, 0.1) is 13.6 Å². The van der Waals surface area contributed by atoms with Gasteiger partial charge in [-0.3, -0.25) is 4.79 Å². The second-order valence-corrected chi connectivity index (χ2v) is 6.40. The van der Waals surface area contributed by atoms with E-state index in [1.54, 1.807) is 24.3 Å². The van der Waals surface area contributed by atoms with Crippen LogP contribution in [0, 0.1) is 0 Å². The molecule has 2 aromatic rings. The summed E-state index contributed by atoms with van der Waals surface area (Å²) >= 11 is 11.9. The maximum absolute atomic E-state index is 11.9. The number of halogens is 2. The summed E-state index contributed by atoms with van der Waals surface area (Å²) in [6.07, 6.45) is 0. The summed E-state index contributed by atoms with van der Waals surface area (Å²) in [5.74, 6) is 0.717. The first-order chi connectivity index (χ1) is 11.5. The molecule has 2 aromatic carbocycles. The molecule has 0 saturated heterocycles. The first kappa shape index (κ1) is 18.6. The molecule has 0 aliphatic rings. The number of rotatable bonds is 8. The van der Waals surface area contributed by atoms with E-state index in [9.17, 15) is 4.79 Å². The van der Waals surface area contributed by atoms with Crippen molar-refractivity contribution in [1.29, 1.82) is 0 Å². The van der Waals surface area contributed by atoms with Gasteiger partial charge in [-0.05, 0) is 30.3 Å². The smallest absolute Gasteiger partial charge is 0.275 e. The lowest BCUT2D eigenvalue weighted by Crippen LogP contribution is -3.08. The molecule has 24 heavy (non-hydrogen) atoms. The van der Waals surface area contributed by atoms with Crippen LogP contribution in [0.4, 0.5) is 0 Å². The topological polar surface area (TPSA) is 42.8 Å². The number of benzene rings is 2. The van der Waals surface area contributed by atoms with Crippen molar-refractivity contribution in [1.82, 2.24) is 5.32 Å². The number of carbonyl (C=O) groups excluding carboxylic acids is 1. The van der Waals surface area contributed by atoms with Gasteiger partial charge in [-0.2, -0.15) is 0 Å². The number of likely N-dealkylation sites (N-methyl/N-ethyl adjacent to an activating group) is 1. The van der Waals surface area contributed by atoms with Crippen LogP contribution in [0.15, 0.2) is 48.5 Å². The third-order valence-electron chi connectivity index (χ3n) is 3.42. The van der Waals surface area contributed by atoms with Gasteiger partial charge in [-0.1, -0.05) is 41.4 Å². The molecule has 2 N–H and O–H groups in total. The summed E-state index contributed by atoms with van der Waals surface area (Å²) in [4.78, 5) is 13.0. The fourth-order valence-corrected chi connectivity index (χ4v) is 2.58. The van der Waals surface area contributed by atoms with Gasteiger partial charge in [0.1, 0.15) is 18.9 Å². The molecule has 0 aliphatic heterocycles. The van der Waals surface area contributed by atoms with Gasteiger partial charge >= 0.3 is 0 Å². The number of carbonyl (C=O) groups is 1. The van der Waals surface area contributed by atoms with Crippen LogP contribution in [0.25, 0.3) is 0 Å². The zero-order valence-corrected chi connectivity index (χ0v) is 15.0. The van der Waals surface area contributed by atoms with Crippen LogP contribution in [0.5, 0.6) is 5.75 Å². The minimum absolute atomic E-state index is 0.0146. The van der Waals surface area contributed by atoms with E-state index in [1.807, 2.05) is 31.3 Å². The summed E-state index contributed by atoms with van der Waals surface area (Å²) < 4.78 is 5.53. The molecular formula is C18H21Cl2N2O2+. The minimum atomic E-state index is -0.0146. The van der Waals surface area contributed by atoms with Crippen molar-refractivity contribution in [2.75, 3.05) is 26.7 Å². The Morgan fingerprint density at radius 3 is 2.54 bits per heavy atom. The maximum Gasteiger partial charge on any atom is 0.275 e. The van der Waals surface area contributed by atoms with Gasteiger partial charge in [-0.15, -0.1) is 0 Å². The van der Waals surface area contributed by atoms with Crippen LogP contribution in [0.3, 0.4) is 0 Å². The number of hydrogen-bond acceptors (Lipinski definition) is 2. The van der Waals surface area contributed by atoms with E-state index >= 15 is 0 Å². The molecule has 0 fully saturated rings. The highest BCUT2D eigenvalue weighted by Crippen LogP contribution is 2.15. The molecule has 128 valence electrons. The summed E-state index contributed by atoms with van der Waals surface area (Å²) in [5, 5.41) is 4.25. The lowest BCUT2D eigenvalue weighted by atomic mass is 10.2. The zero-order valence-electron chi connectivity index (χ0n) is 13.5. The zero-order chi connectivity index (χ0) is 17.4. The van der Waals surface area contributed by atoms with E-state index in [0.717, 1.165) is 21.2 Å². The van der Waals surface area contributed by atoms with Crippen LogP contribution in [0.1, 0.15) is 5.56 Å². The Balaban J connectivity index is 1.65. The van der Waals surface area contributed by atoms with Crippen molar-refractivity contribution < 1.29 is 14.4 Å². The second kappa shape index (κ2) is 9.52. The molecule has 1 unspecified atom stereocenters. The molecule has 0 bridgehead atoms. The van der Waals surface area contributed by atoms with Gasteiger partial charge in [0.2, 0.25) is 0 Å². The van der Waals surface area contributed by atoms with E-state index < -0.39 is 0 Å². The number of hydrogen-bond donors (Lipinski definition) is 2. The highest BCUT2D eigenvalue weighted by molar-refractivity contribution is 6.31. The van der Waals surface area contributed by atoms with E-state index in [2.05, 4.69) is 5.32 Å². The Kier molecular flexibility index (Phi) is 7.37. The minimum Gasteiger partial charge on any atom is -0.492 e. The van der Waals surface area contributed by atoms with E-state index in [1.165, 1.54) is 0 Å². The first-order valence-electron chi connectivity index (χ1n) is 7.74. The van der Waals surface area contributed by atoms with Gasteiger partial charge in [0.25, 0.3) is 5.91 Å².